The second kappa shape index (κ2) is 25.2. The first kappa shape index (κ1) is 42.9. The number of carbonyl (C=O) groups is 5. The van der Waals surface area contributed by atoms with Gasteiger partial charge in [-0.1, -0.05) is 36.8 Å². The third-order valence-electron chi connectivity index (χ3n) is 4.60. The zero-order chi connectivity index (χ0) is 30.5. The maximum Gasteiger partial charge on any atom is 0.330 e. The lowest BCUT2D eigenvalue weighted by molar-refractivity contribution is -0.145. The molecule has 2 unspecified atom stereocenters. The normalized spacial score (nSPS) is 14.4. The van der Waals surface area contributed by atoms with Crippen molar-refractivity contribution in [1.29, 1.82) is 0 Å². The monoisotopic (exact) mass is 662 g/mol. The Labute approximate surface area is 256 Å². The Morgan fingerprint density at radius 3 is 1.38 bits per heavy atom. The summed E-state index contributed by atoms with van der Waals surface area (Å²) < 4.78 is 37.3. The van der Waals surface area contributed by atoms with E-state index in [1.54, 1.807) is 46.8 Å². The third kappa shape index (κ3) is 19.5. The van der Waals surface area contributed by atoms with Crippen LogP contribution in [-0.4, -0.2) is 62.9 Å². The van der Waals surface area contributed by atoms with Gasteiger partial charge in [-0.25, -0.2) is 23.6 Å². The summed E-state index contributed by atoms with van der Waals surface area (Å²) in [5.74, 6) is -2.78. The second-order valence-corrected chi connectivity index (χ2v) is 8.46. The number of carbonyl (C=O) groups excluding carboxylic acids is 5. The van der Waals surface area contributed by atoms with Gasteiger partial charge in [0.2, 0.25) is 0 Å². The Hall–Kier alpha value is -3.54. The topological polar surface area (TPSA) is 132 Å². The molecule has 0 aliphatic heterocycles. The van der Waals surface area contributed by atoms with Crippen LogP contribution in [0.1, 0.15) is 67.4 Å². The molecule has 1 aromatic carbocycles. The fourth-order valence-electron chi connectivity index (χ4n) is 2.88. The van der Waals surface area contributed by atoms with E-state index in [1.165, 1.54) is 6.07 Å². The number of halogens is 2. The van der Waals surface area contributed by atoms with Crippen LogP contribution in [-0.2, 0) is 47.7 Å². The Balaban J connectivity index is -0.000000541. The molecule has 0 N–H and O–H groups in total. The number of hydrogen-bond donors (Lipinski definition) is 0. The SMILES string of the molecule is C.C.CCOC(=O)/C=C/C(=O)OCC.CCOC(=O)/C=C\C(=O)OCC.CCOC(=O)C1CC1c1ccc(Br)cc1F. The average molecular weight is 664 g/mol. The van der Waals surface area contributed by atoms with Crippen molar-refractivity contribution in [2.24, 2.45) is 5.92 Å². The first-order valence-corrected chi connectivity index (χ1v) is 13.5. The van der Waals surface area contributed by atoms with Crippen LogP contribution < -0.4 is 0 Å². The molecule has 0 spiro atoms. The van der Waals surface area contributed by atoms with Gasteiger partial charge in [0.05, 0.1) is 39.0 Å². The molecule has 0 saturated heterocycles. The second-order valence-electron chi connectivity index (χ2n) is 7.54. The van der Waals surface area contributed by atoms with Gasteiger partial charge in [0.1, 0.15) is 5.82 Å². The number of esters is 5. The van der Waals surface area contributed by atoms with Crippen LogP contribution >= 0.6 is 15.9 Å². The highest BCUT2D eigenvalue weighted by Gasteiger charge is 2.46. The minimum Gasteiger partial charge on any atom is -0.466 e. The molecule has 1 aliphatic rings. The number of rotatable bonds is 11. The number of ether oxygens (including phenoxy) is 5. The third-order valence-corrected chi connectivity index (χ3v) is 5.09. The lowest BCUT2D eigenvalue weighted by Crippen LogP contribution is -2.07. The fourth-order valence-corrected chi connectivity index (χ4v) is 3.22. The van der Waals surface area contributed by atoms with Gasteiger partial charge in [-0.05, 0) is 58.7 Å². The maximum atomic E-state index is 13.6. The molecule has 2 atom stereocenters. The minimum atomic E-state index is -0.537. The summed E-state index contributed by atoms with van der Waals surface area (Å²) in [4.78, 5) is 54.0. The number of hydrogen-bond acceptors (Lipinski definition) is 10. The highest BCUT2D eigenvalue weighted by molar-refractivity contribution is 9.10. The zero-order valence-electron chi connectivity index (χ0n) is 23.3. The summed E-state index contributed by atoms with van der Waals surface area (Å²) in [6, 6.07) is 4.94. The van der Waals surface area contributed by atoms with Crippen molar-refractivity contribution in [3.63, 3.8) is 0 Å². The molecular weight excluding hydrogens is 619 g/mol. The molecule has 0 heterocycles. The lowest BCUT2D eigenvalue weighted by atomic mass is 10.1. The first-order chi connectivity index (χ1) is 19.0. The van der Waals surface area contributed by atoms with Gasteiger partial charge < -0.3 is 23.7 Å². The molecule has 1 aliphatic carbocycles. The van der Waals surface area contributed by atoms with Gasteiger partial charge in [0.25, 0.3) is 0 Å². The molecule has 0 bridgehead atoms. The summed E-state index contributed by atoms with van der Waals surface area (Å²) in [7, 11) is 0. The molecular formula is C30H44BrFO10. The molecule has 1 aromatic rings. The predicted octanol–water partition coefficient (Wildman–Crippen LogP) is 5.86. The van der Waals surface area contributed by atoms with Crippen LogP contribution in [0.4, 0.5) is 4.39 Å². The molecule has 0 amide bonds. The molecule has 0 aromatic heterocycles. The molecule has 12 heteroatoms. The molecule has 10 nitrogen and oxygen atoms in total. The van der Waals surface area contributed by atoms with Gasteiger partial charge in [-0.15, -0.1) is 0 Å². The standard InChI is InChI=1S/C12H12BrFO2.2C8H12O4.2CH4/c1-2-16-12(15)10-6-9(10)8-4-3-7(13)5-11(8)14;2*1-3-11-7(9)5-6-8(10)12-4-2;;/h3-5,9-10H,2,6H2,1H3;2*5-6H,3-4H2,1-2H3;2*1H4/b;6-5+;6-5-;;. The van der Waals surface area contributed by atoms with Crippen molar-refractivity contribution in [1.82, 2.24) is 0 Å². The van der Waals surface area contributed by atoms with Gasteiger partial charge in [0.15, 0.2) is 0 Å². The highest BCUT2D eigenvalue weighted by atomic mass is 79.9. The summed E-state index contributed by atoms with van der Waals surface area (Å²) in [6.07, 6.45) is 4.86. The van der Waals surface area contributed by atoms with Crippen LogP contribution in [0.15, 0.2) is 47.0 Å². The van der Waals surface area contributed by atoms with Crippen molar-refractivity contribution in [2.45, 2.75) is 61.8 Å². The lowest BCUT2D eigenvalue weighted by Gasteiger charge is -2.03. The largest absolute Gasteiger partial charge is 0.466 e. The predicted molar refractivity (Wildman–Crippen MR) is 160 cm³/mol. The van der Waals surface area contributed by atoms with Gasteiger partial charge in [-0.3, -0.25) is 4.79 Å². The van der Waals surface area contributed by atoms with Crippen molar-refractivity contribution < 1.29 is 52.0 Å². The van der Waals surface area contributed by atoms with Crippen LogP contribution in [0.2, 0.25) is 0 Å². The molecule has 1 saturated carbocycles. The van der Waals surface area contributed by atoms with Gasteiger partial charge in [0, 0.05) is 34.7 Å². The van der Waals surface area contributed by atoms with Gasteiger partial charge >= 0.3 is 29.8 Å². The Bertz CT molecular complexity index is 957. The summed E-state index contributed by atoms with van der Waals surface area (Å²) in [5.41, 5.74) is 0.612. The smallest absolute Gasteiger partial charge is 0.330 e. The van der Waals surface area contributed by atoms with E-state index in [9.17, 15) is 28.4 Å². The quantitative estimate of drug-likeness (QED) is 0.161. The van der Waals surface area contributed by atoms with E-state index < -0.39 is 23.9 Å². The van der Waals surface area contributed by atoms with E-state index in [4.69, 9.17) is 4.74 Å². The summed E-state index contributed by atoms with van der Waals surface area (Å²) in [6.45, 7) is 10.1. The van der Waals surface area contributed by atoms with Crippen molar-refractivity contribution in [3.05, 3.63) is 58.4 Å². The number of benzene rings is 1. The van der Waals surface area contributed by atoms with Crippen LogP contribution in [0.25, 0.3) is 0 Å². The van der Waals surface area contributed by atoms with Gasteiger partial charge in [-0.2, -0.15) is 0 Å². The molecule has 0 radical (unpaired) electrons. The Morgan fingerprint density at radius 1 is 0.714 bits per heavy atom. The van der Waals surface area contributed by atoms with Crippen molar-refractivity contribution in [3.8, 4) is 0 Å². The van der Waals surface area contributed by atoms with E-state index in [0.29, 0.717) is 49.5 Å². The first-order valence-electron chi connectivity index (χ1n) is 12.7. The average Bonchev–Trinajstić information content (AvgIpc) is 3.69. The highest BCUT2D eigenvalue weighted by Crippen LogP contribution is 2.49. The molecule has 42 heavy (non-hydrogen) atoms. The van der Waals surface area contributed by atoms with Crippen molar-refractivity contribution >= 4 is 45.8 Å². The maximum absolute atomic E-state index is 13.6. The van der Waals surface area contributed by atoms with Crippen LogP contribution in [0, 0.1) is 11.7 Å². The van der Waals surface area contributed by atoms with E-state index in [1.807, 2.05) is 0 Å². The fraction of sp³-hybridized carbons (Fsp3) is 0.500. The molecule has 1 fully saturated rings. The van der Waals surface area contributed by atoms with Crippen molar-refractivity contribution in [2.75, 3.05) is 33.0 Å². The summed E-state index contributed by atoms with van der Waals surface area (Å²) in [5, 5.41) is 0. The Kier molecular flexibility index (Phi) is 25.7. The Morgan fingerprint density at radius 2 is 1.07 bits per heavy atom. The minimum absolute atomic E-state index is 0. The molecule has 238 valence electrons. The van der Waals surface area contributed by atoms with Crippen LogP contribution in [0.3, 0.4) is 0 Å². The summed E-state index contributed by atoms with van der Waals surface area (Å²) >= 11 is 3.20. The van der Waals surface area contributed by atoms with E-state index in [0.717, 1.165) is 24.3 Å². The zero-order valence-corrected chi connectivity index (χ0v) is 24.9. The van der Waals surface area contributed by atoms with E-state index in [-0.39, 0.29) is 38.5 Å². The van der Waals surface area contributed by atoms with E-state index in [2.05, 4.69) is 34.9 Å². The molecule has 2 rings (SSSR count). The van der Waals surface area contributed by atoms with Crippen LogP contribution in [0.5, 0.6) is 0 Å². The van der Waals surface area contributed by atoms with E-state index >= 15 is 0 Å².